The molecule has 56 heavy (non-hydrogen) atoms. The smallest absolute Gasteiger partial charge is 0.472 e. The number of carboxylic acids is 1. The number of carbonyl (C=O) groups excluding carboxylic acids is 2. The summed E-state index contributed by atoms with van der Waals surface area (Å²) >= 11 is 0. The lowest BCUT2D eigenvalue weighted by Crippen LogP contribution is -2.34. The van der Waals surface area contributed by atoms with E-state index >= 15 is 0 Å². The number of allylic oxidation sites excluding steroid dienone is 5. The van der Waals surface area contributed by atoms with Crippen molar-refractivity contribution in [2.24, 2.45) is 5.73 Å². The highest BCUT2D eigenvalue weighted by Gasteiger charge is 2.28. The summed E-state index contributed by atoms with van der Waals surface area (Å²) in [6.45, 7) is 4.30. The van der Waals surface area contributed by atoms with Crippen molar-refractivity contribution in [2.75, 3.05) is 19.8 Å². The number of phosphoric acid groups is 1. The minimum Gasteiger partial charge on any atom is -0.480 e. The fourth-order valence-corrected chi connectivity index (χ4v) is 6.79. The molecule has 0 spiro atoms. The lowest BCUT2D eigenvalue weighted by Gasteiger charge is -2.20. The van der Waals surface area contributed by atoms with Gasteiger partial charge in [0.25, 0.3) is 0 Å². The number of carbonyl (C=O) groups is 3. The van der Waals surface area contributed by atoms with Gasteiger partial charge in [0.15, 0.2) is 6.10 Å². The summed E-state index contributed by atoms with van der Waals surface area (Å²) in [4.78, 5) is 46.0. The van der Waals surface area contributed by atoms with Gasteiger partial charge in [-0.15, -0.1) is 6.58 Å². The summed E-state index contributed by atoms with van der Waals surface area (Å²) in [5.41, 5.74) is 5.33. The van der Waals surface area contributed by atoms with E-state index in [0.717, 1.165) is 64.2 Å². The van der Waals surface area contributed by atoms with Crippen LogP contribution in [0.25, 0.3) is 0 Å². The molecule has 0 heterocycles. The molecule has 0 aliphatic carbocycles. The summed E-state index contributed by atoms with van der Waals surface area (Å²) in [6.07, 6.45) is 40.9. The molecule has 0 bridgehead atoms. The van der Waals surface area contributed by atoms with Gasteiger partial charge in [0.1, 0.15) is 12.6 Å². The Morgan fingerprint density at radius 1 is 0.607 bits per heavy atom. The van der Waals surface area contributed by atoms with E-state index in [1.165, 1.54) is 96.3 Å². The Kier molecular flexibility index (Phi) is 37.9. The van der Waals surface area contributed by atoms with Gasteiger partial charge in [-0.25, -0.2) is 4.57 Å². The lowest BCUT2D eigenvalue weighted by atomic mass is 10.0. The largest absolute Gasteiger partial charge is 0.480 e. The number of esters is 2. The maximum Gasteiger partial charge on any atom is 0.472 e. The van der Waals surface area contributed by atoms with Gasteiger partial charge in [-0.1, -0.05) is 153 Å². The van der Waals surface area contributed by atoms with Crippen molar-refractivity contribution in [2.45, 2.75) is 205 Å². The number of carboxylic acid groups (broad SMARTS) is 1. The molecule has 11 nitrogen and oxygen atoms in total. The van der Waals surface area contributed by atoms with E-state index < -0.39 is 51.1 Å². The monoisotopic (exact) mass is 814 g/mol. The zero-order chi connectivity index (χ0) is 41.4. The van der Waals surface area contributed by atoms with Crippen LogP contribution in [0, 0.1) is 0 Å². The topological polar surface area (TPSA) is 172 Å². The van der Waals surface area contributed by atoms with Crippen molar-refractivity contribution in [3.05, 3.63) is 37.0 Å². The van der Waals surface area contributed by atoms with Crippen LogP contribution in [0.5, 0.6) is 0 Å². The number of ether oxygens (including phenoxy) is 2. The molecule has 0 aliphatic heterocycles. The molecular formula is C44H80NO10P. The first kappa shape index (κ1) is 53.7. The molecule has 326 valence electrons. The molecule has 0 radical (unpaired) electrons. The minimum atomic E-state index is -4.72. The van der Waals surface area contributed by atoms with Crippen molar-refractivity contribution in [3.63, 3.8) is 0 Å². The van der Waals surface area contributed by atoms with Crippen LogP contribution in [0.3, 0.4) is 0 Å². The van der Waals surface area contributed by atoms with E-state index in [2.05, 4.69) is 42.3 Å². The Labute approximate surface area is 340 Å². The van der Waals surface area contributed by atoms with Crippen molar-refractivity contribution in [1.82, 2.24) is 0 Å². The molecule has 12 heteroatoms. The van der Waals surface area contributed by atoms with Gasteiger partial charge in [-0.3, -0.25) is 23.4 Å². The number of rotatable bonds is 42. The molecule has 0 aromatic rings. The number of hydrogen-bond donors (Lipinski definition) is 3. The highest BCUT2D eigenvalue weighted by molar-refractivity contribution is 7.47. The standard InChI is InChI=1S/C44H80NO10P/c1-3-5-7-9-11-13-15-17-19-20-22-24-26-28-30-32-34-36-43(47)55-40(38-53-56(50,51)54-39-41(45)44(48)49)37-52-42(46)35-33-31-29-27-25-23-21-18-16-14-12-10-8-6-4-2/h4,11,13,17,19,40-41H,2-3,5-10,12,14-16,18,20-39,45H2,1H3,(H,48,49)(H,50,51)/b13-11+,19-17+/t40-,41+/m1/s1. The van der Waals surface area contributed by atoms with E-state index in [0.29, 0.717) is 12.8 Å². The second-order valence-corrected chi connectivity index (χ2v) is 16.4. The Morgan fingerprint density at radius 3 is 1.52 bits per heavy atom. The zero-order valence-electron chi connectivity index (χ0n) is 35.1. The van der Waals surface area contributed by atoms with E-state index in [1.54, 1.807) is 0 Å². The van der Waals surface area contributed by atoms with E-state index in [-0.39, 0.29) is 19.4 Å². The van der Waals surface area contributed by atoms with Crippen LogP contribution in [0.15, 0.2) is 37.0 Å². The Morgan fingerprint density at radius 2 is 1.04 bits per heavy atom. The van der Waals surface area contributed by atoms with E-state index in [1.807, 2.05) is 6.08 Å². The first-order valence-electron chi connectivity index (χ1n) is 22.0. The number of phosphoric ester groups is 1. The number of aliphatic carboxylic acids is 1. The molecular weight excluding hydrogens is 733 g/mol. The fourth-order valence-electron chi connectivity index (χ4n) is 6.02. The van der Waals surface area contributed by atoms with Crippen molar-refractivity contribution in [1.29, 1.82) is 0 Å². The number of nitrogens with two attached hydrogens (primary N) is 1. The quantitative estimate of drug-likeness (QED) is 0.0232. The summed E-state index contributed by atoms with van der Waals surface area (Å²) in [5, 5.41) is 8.89. The second-order valence-electron chi connectivity index (χ2n) is 14.9. The second kappa shape index (κ2) is 39.5. The molecule has 1 unspecified atom stereocenters. The molecule has 0 rings (SSSR count). The van der Waals surface area contributed by atoms with Crippen molar-refractivity contribution < 1.29 is 47.5 Å². The number of hydrogen-bond acceptors (Lipinski definition) is 9. The van der Waals surface area contributed by atoms with Gasteiger partial charge < -0.3 is 25.2 Å². The van der Waals surface area contributed by atoms with Crippen LogP contribution in [0.4, 0.5) is 0 Å². The third kappa shape index (κ3) is 38.6. The highest BCUT2D eigenvalue weighted by Crippen LogP contribution is 2.43. The third-order valence-electron chi connectivity index (χ3n) is 9.51. The van der Waals surface area contributed by atoms with Gasteiger partial charge in [0, 0.05) is 12.8 Å². The molecule has 0 amide bonds. The van der Waals surface area contributed by atoms with Crippen LogP contribution in [-0.4, -0.2) is 59.9 Å². The Bertz CT molecular complexity index is 1080. The average molecular weight is 814 g/mol. The predicted molar refractivity (Wildman–Crippen MR) is 226 cm³/mol. The Hall–Kier alpha value is -2.30. The zero-order valence-corrected chi connectivity index (χ0v) is 36.0. The summed E-state index contributed by atoms with van der Waals surface area (Å²) in [7, 11) is -4.72. The van der Waals surface area contributed by atoms with Crippen molar-refractivity contribution >= 4 is 25.7 Å². The first-order chi connectivity index (χ1) is 27.1. The van der Waals surface area contributed by atoms with Gasteiger partial charge in [-0.05, 0) is 57.8 Å². The van der Waals surface area contributed by atoms with Gasteiger partial charge in [0.05, 0.1) is 13.2 Å². The normalized spacial score (nSPS) is 13.8. The van der Waals surface area contributed by atoms with Crippen molar-refractivity contribution in [3.8, 4) is 0 Å². The van der Waals surface area contributed by atoms with Gasteiger partial charge >= 0.3 is 25.7 Å². The molecule has 0 saturated heterocycles. The van der Waals surface area contributed by atoms with Crippen LogP contribution < -0.4 is 5.73 Å². The van der Waals surface area contributed by atoms with Gasteiger partial charge in [0.2, 0.25) is 0 Å². The van der Waals surface area contributed by atoms with Crippen LogP contribution in [0.2, 0.25) is 0 Å². The third-order valence-corrected chi connectivity index (χ3v) is 10.5. The van der Waals surface area contributed by atoms with E-state index in [4.69, 9.17) is 24.8 Å². The van der Waals surface area contributed by atoms with Crippen LogP contribution in [0.1, 0.15) is 193 Å². The molecule has 0 aromatic heterocycles. The molecule has 0 aliphatic rings. The van der Waals surface area contributed by atoms with E-state index in [9.17, 15) is 23.8 Å². The molecule has 0 fully saturated rings. The minimum absolute atomic E-state index is 0.152. The lowest BCUT2D eigenvalue weighted by molar-refractivity contribution is -0.161. The predicted octanol–water partition coefficient (Wildman–Crippen LogP) is 11.6. The summed E-state index contributed by atoms with van der Waals surface area (Å²) in [6, 6.07) is -1.52. The fraction of sp³-hybridized carbons (Fsp3) is 0.795. The number of unbranched alkanes of at least 4 members (excludes halogenated alkanes) is 23. The maximum absolute atomic E-state index is 12.6. The molecule has 0 saturated carbocycles. The average Bonchev–Trinajstić information content (AvgIpc) is 3.17. The van der Waals surface area contributed by atoms with Crippen LogP contribution in [-0.2, 0) is 37.5 Å². The highest BCUT2D eigenvalue weighted by atomic mass is 31.2. The van der Waals surface area contributed by atoms with Crippen LogP contribution >= 0.6 is 7.82 Å². The molecule has 3 atom stereocenters. The first-order valence-corrected chi connectivity index (χ1v) is 23.5. The SMILES string of the molecule is C=CCCCCCCCCCCCCCCCC(=O)OC[C@H](COP(=O)(O)OC[C@H](N)C(=O)O)OC(=O)CCCCCCCCC/C=C/C/C=C/CCCCC. The summed E-state index contributed by atoms with van der Waals surface area (Å²) < 4.78 is 32.7. The summed E-state index contributed by atoms with van der Waals surface area (Å²) in [5.74, 6) is -2.39. The Balaban J connectivity index is 4.34. The van der Waals surface area contributed by atoms with Gasteiger partial charge in [-0.2, -0.15) is 0 Å². The molecule has 4 N–H and O–H groups in total. The maximum atomic E-state index is 12.6. The molecule has 0 aromatic carbocycles.